The minimum Gasteiger partial charge on any atom is -0.493 e. The van der Waals surface area contributed by atoms with Crippen molar-refractivity contribution in [2.45, 2.75) is 51.0 Å². The van der Waals surface area contributed by atoms with E-state index in [-0.39, 0.29) is 38.0 Å². The van der Waals surface area contributed by atoms with Crippen molar-refractivity contribution >= 4 is 34.4 Å². The standard InChI is InChI=1S/C27H39IN2O9/c1-3-37-9-4-7-30(27(35)18-5-10-38-16-18)21-13-19(26(34)29-6-8-31)14-22(24(21)33)39-25-20(28)11-17(15-32)12-23(25)36-2/h11-12,14,18,21-22,24,31-33H,3-10,13,15-16H2,1-2H3,(H,29,34)/t18?,21-,22+,24+/m1/s1. The zero-order valence-corrected chi connectivity index (χ0v) is 24.6. The number of nitrogens with zero attached hydrogens (tertiary/aromatic N) is 1. The van der Waals surface area contributed by atoms with E-state index < -0.39 is 24.2 Å². The number of halogens is 1. The molecule has 0 spiro atoms. The van der Waals surface area contributed by atoms with Crippen molar-refractivity contribution in [2.24, 2.45) is 5.92 Å². The Morgan fingerprint density at radius 2 is 2.08 bits per heavy atom. The predicted octanol–water partition coefficient (Wildman–Crippen LogP) is 0.999. The number of benzene rings is 1. The van der Waals surface area contributed by atoms with E-state index in [9.17, 15) is 24.9 Å². The van der Waals surface area contributed by atoms with Gasteiger partial charge in [-0.3, -0.25) is 9.59 Å². The van der Waals surface area contributed by atoms with Crippen LogP contribution < -0.4 is 14.8 Å². The van der Waals surface area contributed by atoms with Crippen molar-refractivity contribution < 1.29 is 43.9 Å². The van der Waals surface area contributed by atoms with Gasteiger partial charge in [-0.1, -0.05) is 0 Å². The van der Waals surface area contributed by atoms with Gasteiger partial charge in [0.2, 0.25) is 11.8 Å². The number of carbonyl (C=O) groups excluding carboxylic acids is 2. The largest absolute Gasteiger partial charge is 0.493 e. The molecule has 0 bridgehead atoms. The molecule has 1 aromatic rings. The van der Waals surface area contributed by atoms with Crippen LogP contribution in [0.15, 0.2) is 23.8 Å². The summed E-state index contributed by atoms with van der Waals surface area (Å²) in [7, 11) is 1.48. The highest BCUT2D eigenvalue weighted by atomic mass is 127. The molecule has 0 aromatic heterocycles. The zero-order valence-electron chi connectivity index (χ0n) is 22.4. The number of carbonyl (C=O) groups is 2. The van der Waals surface area contributed by atoms with Crippen molar-refractivity contribution in [1.82, 2.24) is 10.2 Å². The third-order valence-electron chi connectivity index (χ3n) is 6.79. The van der Waals surface area contributed by atoms with Gasteiger partial charge in [0.25, 0.3) is 0 Å². The first-order valence-electron chi connectivity index (χ1n) is 13.2. The van der Waals surface area contributed by atoms with Crippen LogP contribution in [0.25, 0.3) is 0 Å². The molecule has 0 radical (unpaired) electrons. The fraction of sp³-hybridized carbons (Fsp3) is 0.630. The molecule has 3 rings (SSSR count). The summed E-state index contributed by atoms with van der Waals surface area (Å²) in [4.78, 5) is 28.3. The summed E-state index contributed by atoms with van der Waals surface area (Å²) in [5.41, 5.74) is 0.977. The van der Waals surface area contributed by atoms with Gasteiger partial charge in [-0.05, 0) is 66.1 Å². The normalized spacial score (nSPS) is 22.8. The second kappa shape index (κ2) is 15.7. The molecule has 1 saturated heterocycles. The van der Waals surface area contributed by atoms with Gasteiger partial charge in [-0.25, -0.2) is 0 Å². The van der Waals surface area contributed by atoms with Crippen LogP contribution in [-0.4, -0.2) is 104 Å². The summed E-state index contributed by atoms with van der Waals surface area (Å²) < 4.78 is 23.4. The average molecular weight is 663 g/mol. The van der Waals surface area contributed by atoms with E-state index in [0.717, 1.165) is 0 Å². The minimum absolute atomic E-state index is 0.0691. The van der Waals surface area contributed by atoms with Gasteiger partial charge in [0, 0.05) is 44.9 Å². The Balaban J connectivity index is 1.96. The van der Waals surface area contributed by atoms with E-state index in [1.807, 2.05) is 6.92 Å². The Hall–Kier alpha value is -1.97. The lowest BCUT2D eigenvalue weighted by Crippen LogP contribution is -2.56. The molecule has 4 atom stereocenters. The van der Waals surface area contributed by atoms with Crippen LogP contribution in [-0.2, 0) is 25.7 Å². The number of hydrogen-bond acceptors (Lipinski definition) is 9. The molecule has 1 fully saturated rings. The minimum atomic E-state index is -1.16. The van der Waals surface area contributed by atoms with E-state index in [0.29, 0.717) is 72.0 Å². The number of nitrogens with one attached hydrogen (secondary N) is 1. The second-order valence-corrected chi connectivity index (χ2v) is 10.6. The van der Waals surface area contributed by atoms with E-state index in [4.69, 9.17) is 18.9 Å². The van der Waals surface area contributed by atoms with Crippen LogP contribution >= 0.6 is 22.6 Å². The lowest BCUT2D eigenvalue weighted by molar-refractivity contribution is -0.143. The predicted molar refractivity (Wildman–Crippen MR) is 150 cm³/mol. The van der Waals surface area contributed by atoms with Gasteiger partial charge in [0.1, 0.15) is 12.2 Å². The fourth-order valence-electron chi connectivity index (χ4n) is 4.78. The van der Waals surface area contributed by atoms with Gasteiger partial charge in [-0.15, -0.1) is 0 Å². The molecule has 1 aliphatic heterocycles. The van der Waals surface area contributed by atoms with Crippen LogP contribution in [0.1, 0.15) is 31.7 Å². The molecular weight excluding hydrogens is 623 g/mol. The van der Waals surface area contributed by atoms with E-state index in [1.54, 1.807) is 23.1 Å². The molecule has 39 heavy (non-hydrogen) atoms. The lowest BCUT2D eigenvalue weighted by atomic mass is 9.87. The molecular formula is C27H39IN2O9. The van der Waals surface area contributed by atoms with Gasteiger partial charge in [0.15, 0.2) is 11.5 Å². The molecule has 4 N–H and O–H groups in total. The zero-order chi connectivity index (χ0) is 28.4. The maximum atomic E-state index is 13.6. The number of aliphatic hydroxyl groups excluding tert-OH is 3. The molecule has 2 aliphatic rings. The monoisotopic (exact) mass is 662 g/mol. The highest BCUT2D eigenvalue weighted by Gasteiger charge is 2.42. The topological polar surface area (TPSA) is 147 Å². The Labute approximate surface area is 242 Å². The van der Waals surface area contributed by atoms with Gasteiger partial charge in [-0.2, -0.15) is 0 Å². The van der Waals surface area contributed by atoms with Crippen LogP contribution in [0.3, 0.4) is 0 Å². The van der Waals surface area contributed by atoms with Crippen molar-refractivity contribution in [3.05, 3.63) is 32.9 Å². The molecule has 1 aromatic carbocycles. The van der Waals surface area contributed by atoms with Crippen LogP contribution in [0.4, 0.5) is 0 Å². The van der Waals surface area contributed by atoms with Crippen LogP contribution in [0.5, 0.6) is 11.5 Å². The van der Waals surface area contributed by atoms with E-state index >= 15 is 0 Å². The highest BCUT2D eigenvalue weighted by Crippen LogP contribution is 2.37. The Morgan fingerprint density at radius 3 is 2.72 bits per heavy atom. The fourth-order valence-corrected chi connectivity index (χ4v) is 5.57. The summed E-state index contributed by atoms with van der Waals surface area (Å²) in [5.74, 6) is -0.146. The summed E-state index contributed by atoms with van der Waals surface area (Å²) in [6.45, 7) is 3.73. The molecule has 1 unspecified atom stereocenters. The number of methoxy groups -OCH3 is 1. The van der Waals surface area contributed by atoms with Crippen LogP contribution in [0, 0.1) is 9.49 Å². The summed E-state index contributed by atoms with van der Waals surface area (Å²) in [6, 6.07) is 2.64. The molecule has 2 amide bonds. The number of rotatable bonds is 14. The quantitative estimate of drug-likeness (QED) is 0.169. The molecule has 1 aliphatic carbocycles. The third-order valence-corrected chi connectivity index (χ3v) is 7.60. The molecule has 218 valence electrons. The summed E-state index contributed by atoms with van der Waals surface area (Å²) in [6.07, 6.45) is 0.690. The van der Waals surface area contributed by atoms with Crippen molar-refractivity contribution in [2.75, 3.05) is 53.2 Å². The van der Waals surface area contributed by atoms with Crippen molar-refractivity contribution in [1.29, 1.82) is 0 Å². The first-order chi connectivity index (χ1) is 18.8. The Kier molecular flexibility index (Phi) is 12.7. The summed E-state index contributed by atoms with van der Waals surface area (Å²) in [5, 5.41) is 33.0. The second-order valence-electron chi connectivity index (χ2n) is 9.43. The molecule has 12 heteroatoms. The molecule has 0 saturated carbocycles. The molecule has 1 heterocycles. The molecule has 11 nitrogen and oxygen atoms in total. The maximum Gasteiger partial charge on any atom is 0.247 e. The number of amides is 2. The van der Waals surface area contributed by atoms with E-state index in [2.05, 4.69) is 27.9 Å². The average Bonchev–Trinajstić information content (AvgIpc) is 3.48. The Morgan fingerprint density at radius 1 is 1.28 bits per heavy atom. The van der Waals surface area contributed by atoms with E-state index in [1.165, 1.54) is 7.11 Å². The number of hydrogen-bond donors (Lipinski definition) is 4. The van der Waals surface area contributed by atoms with Gasteiger partial charge < -0.3 is 44.5 Å². The van der Waals surface area contributed by atoms with Crippen LogP contribution in [0.2, 0.25) is 0 Å². The SMILES string of the molecule is CCOCCCN(C(=O)C1CCOC1)[C@@H]1CC(C(=O)NCCO)=C[C@H](Oc2c(I)cc(CO)cc2OC)[C@H]1O. The first-order valence-corrected chi connectivity index (χ1v) is 14.3. The smallest absolute Gasteiger partial charge is 0.247 e. The Bertz CT molecular complexity index is 1000. The lowest BCUT2D eigenvalue weighted by Gasteiger charge is -2.41. The highest BCUT2D eigenvalue weighted by molar-refractivity contribution is 14.1. The third kappa shape index (κ3) is 8.27. The number of ether oxygens (including phenoxy) is 4. The number of aliphatic hydroxyl groups is 3. The summed E-state index contributed by atoms with van der Waals surface area (Å²) >= 11 is 2.06. The van der Waals surface area contributed by atoms with Gasteiger partial charge in [0.05, 0.1) is 42.5 Å². The van der Waals surface area contributed by atoms with Crippen molar-refractivity contribution in [3.8, 4) is 11.5 Å². The van der Waals surface area contributed by atoms with Crippen molar-refractivity contribution in [3.63, 3.8) is 0 Å². The van der Waals surface area contributed by atoms with Gasteiger partial charge >= 0.3 is 0 Å². The first kappa shape index (κ1) is 31.6. The maximum absolute atomic E-state index is 13.6.